The first-order chi connectivity index (χ1) is 14.7. The van der Waals surface area contributed by atoms with Gasteiger partial charge in [-0.05, 0) is 30.2 Å². The van der Waals surface area contributed by atoms with E-state index < -0.39 is 5.92 Å². The van der Waals surface area contributed by atoms with Crippen molar-refractivity contribution >= 4 is 23.7 Å². The number of quaternary nitrogens is 1. The molecule has 2 aromatic carbocycles. The van der Waals surface area contributed by atoms with Crippen molar-refractivity contribution in [2.45, 2.75) is 19.3 Å². The van der Waals surface area contributed by atoms with Gasteiger partial charge in [-0.2, -0.15) is 0 Å². The molecule has 6 heteroatoms. The number of anilines is 1. The highest BCUT2D eigenvalue weighted by Crippen LogP contribution is 2.33. The van der Waals surface area contributed by atoms with Gasteiger partial charge < -0.3 is 9.64 Å². The average molecular weight is 407 g/mol. The topological polar surface area (TPSA) is 63.4 Å². The number of nitrogens with zero attached hydrogens (tertiary/aromatic N) is 2. The Bertz CT molecular complexity index is 950. The molecule has 1 atom stereocenters. The maximum atomic E-state index is 13.4. The van der Waals surface area contributed by atoms with Crippen molar-refractivity contribution < 1.29 is 19.2 Å². The van der Waals surface area contributed by atoms with Crippen LogP contribution in [0.4, 0.5) is 5.69 Å². The molecule has 2 heterocycles. The maximum Gasteiger partial charge on any atom is 0.265 e. The normalized spacial score (nSPS) is 20.0. The zero-order valence-electron chi connectivity index (χ0n) is 17.3. The quantitative estimate of drug-likeness (QED) is 0.451. The second-order valence-electron chi connectivity index (χ2n) is 7.85. The van der Waals surface area contributed by atoms with Crippen LogP contribution in [0.2, 0.25) is 0 Å². The Kier molecular flexibility index (Phi) is 6.35. The zero-order chi connectivity index (χ0) is 20.9. The summed E-state index contributed by atoms with van der Waals surface area (Å²) >= 11 is 0. The summed E-state index contributed by atoms with van der Waals surface area (Å²) in [6, 6.07) is 14.8. The van der Waals surface area contributed by atoms with Crippen LogP contribution in [0.3, 0.4) is 0 Å². The molecule has 30 heavy (non-hydrogen) atoms. The van der Waals surface area contributed by atoms with Crippen LogP contribution in [0.5, 0.6) is 0 Å². The van der Waals surface area contributed by atoms with Crippen LogP contribution in [0.1, 0.15) is 33.8 Å². The molecule has 0 spiro atoms. The number of imide groups is 1. The first kappa shape index (κ1) is 20.4. The van der Waals surface area contributed by atoms with Crippen molar-refractivity contribution in [1.29, 1.82) is 0 Å². The van der Waals surface area contributed by atoms with Crippen molar-refractivity contribution in [2.24, 2.45) is 4.99 Å². The second-order valence-corrected chi connectivity index (χ2v) is 7.85. The molecular weight excluding hydrogens is 378 g/mol. The highest BCUT2D eigenvalue weighted by atomic mass is 16.5. The van der Waals surface area contributed by atoms with E-state index in [0.29, 0.717) is 17.8 Å². The van der Waals surface area contributed by atoms with Gasteiger partial charge in [0, 0.05) is 24.7 Å². The third-order valence-corrected chi connectivity index (χ3v) is 5.84. The average Bonchev–Trinajstić information content (AvgIpc) is 2.77. The second kappa shape index (κ2) is 9.32. The van der Waals surface area contributed by atoms with Crippen LogP contribution in [0, 0.1) is 6.92 Å². The molecule has 2 aromatic rings. The highest BCUT2D eigenvalue weighted by Gasteiger charge is 2.39. The number of hydrogen-bond donors (Lipinski definition) is 1. The Hall–Kier alpha value is -2.83. The zero-order valence-corrected chi connectivity index (χ0v) is 17.3. The predicted octanol–water partition coefficient (Wildman–Crippen LogP) is 1.64. The minimum atomic E-state index is -0.547. The fraction of sp³-hybridized carbons (Fsp3) is 0.375. The molecule has 0 unspecified atom stereocenters. The number of hydrogen-bond acceptors (Lipinski definition) is 4. The van der Waals surface area contributed by atoms with Gasteiger partial charge in [0.15, 0.2) is 0 Å². The molecule has 1 fully saturated rings. The number of carbonyl (C=O) groups is 2. The van der Waals surface area contributed by atoms with E-state index in [1.165, 1.54) is 4.90 Å². The van der Waals surface area contributed by atoms with Gasteiger partial charge in [0.1, 0.15) is 13.1 Å². The van der Waals surface area contributed by atoms with Gasteiger partial charge in [-0.1, -0.05) is 36.4 Å². The lowest BCUT2D eigenvalue weighted by atomic mass is 9.88. The van der Waals surface area contributed by atoms with Gasteiger partial charge in [-0.25, -0.2) is 4.90 Å². The molecule has 2 aliphatic heterocycles. The predicted molar refractivity (Wildman–Crippen MR) is 117 cm³/mol. The van der Waals surface area contributed by atoms with Crippen LogP contribution in [0.15, 0.2) is 53.5 Å². The number of aryl methyl sites for hydroxylation is 1. The Balaban J connectivity index is 1.52. The largest absolute Gasteiger partial charge is 0.370 e. The minimum absolute atomic E-state index is 0.240. The summed E-state index contributed by atoms with van der Waals surface area (Å²) in [5.74, 6) is -1.06. The number of amides is 2. The Morgan fingerprint density at radius 1 is 1.10 bits per heavy atom. The number of ether oxygens (including phenoxy) is 1. The van der Waals surface area contributed by atoms with Crippen molar-refractivity contribution in [2.75, 3.05) is 44.3 Å². The van der Waals surface area contributed by atoms with Gasteiger partial charge >= 0.3 is 0 Å². The first-order valence-electron chi connectivity index (χ1n) is 10.6. The summed E-state index contributed by atoms with van der Waals surface area (Å²) in [6.45, 7) is 7.40. The monoisotopic (exact) mass is 406 g/mol. The molecule has 4 rings (SSSR count). The number of para-hydroxylation sites is 1. The molecule has 0 saturated carbocycles. The van der Waals surface area contributed by atoms with Gasteiger partial charge in [0.2, 0.25) is 5.91 Å². The van der Waals surface area contributed by atoms with E-state index in [1.54, 1.807) is 17.2 Å². The summed E-state index contributed by atoms with van der Waals surface area (Å²) in [6.07, 6.45) is 2.70. The lowest BCUT2D eigenvalue weighted by molar-refractivity contribution is -0.908. The Labute approximate surface area is 177 Å². The van der Waals surface area contributed by atoms with Crippen LogP contribution in [-0.2, 0) is 9.53 Å². The van der Waals surface area contributed by atoms with Crippen LogP contribution >= 0.6 is 0 Å². The van der Waals surface area contributed by atoms with E-state index in [1.807, 2.05) is 49.4 Å². The van der Waals surface area contributed by atoms with Gasteiger partial charge in [-0.15, -0.1) is 0 Å². The van der Waals surface area contributed by atoms with E-state index >= 15 is 0 Å². The maximum absolute atomic E-state index is 13.4. The molecule has 2 aliphatic rings. The standard InChI is InChI=1S/C24H27N3O3/c1-18-7-2-5-10-22(18)27-23(28)20-9-4-3-8-19(20)21(24(27)29)17-25-11-6-12-26-13-15-30-16-14-26/h2-5,7-10,17,21H,6,11-16H2,1H3/p+1/t21-/m1/s1. The lowest BCUT2D eigenvalue weighted by Gasteiger charge is -2.31. The van der Waals surface area contributed by atoms with E-state index in [4.69, 9.17) is 4.74 Å². The number of carbonyl (C=O) groups excluding carboxylic acids is 2. The molecular formula is C24H28N3O3+. The summed E-state index contributed by atoms with van der Waals surface area (Å²) in [7, 11) is 0. The van der Waals surface area contributed by atoms with Crippen molar-refractivity contribution in [1.82, 2.24) is 0 Å². The van der Waals surface area contributed by atoms with Gasteiger partial charge in [0.25, 0.3) is 5.91 Å². The number of aliphatic imine (C=N–C) groups is 1. The molecule has 0 radical (unpaired) electrons. The van der Waals surface area contributed by atoms with Gasteiger partial charge in [-0.3, -0.25) is 14.6 Å². The van der Waals surface area contributed by atoms with E-state index in [9.17, 15) is 9.59 Å². The van der Waals surface area contributed by atoms with Crippen LogP contribution in [0.25, 0.3) is 0 Å². The highest BCUT2D eigenvalue weighted by molar-refractivity contribution is 6.29. The number of rotatable bonds is 6. The van der Waals surface area contributed by atoms with Crippen LogP contribution in [-0.4, -0.2) is 57.4 Å². The molecule has 1 N–H and O–H groups in total. The molecule has 0 bridgehead atoms. The SMILES string of the molecule is Cc1ccccc1N1C(=O)c2ccccc2[C@@H](C=NCCC[NH+]2CCOCC2)C1=O. The number of benzene rings is 2. The van der Waals surface area contributed by atoms with E-state index in [-0.39, 0.29) is 11.8 Å². The number of morpholine rings is 1. The first-order valence-corrected chi connectivity index (χ1v) is 10.6. The lowest BCUT2D eigenvalue weighted by Crippen LogP contribution is -3.14. The van der Waals surface area contributed by atoms with Crippen LogP contribution < -0.4 is 9.80 Å². The summed E-state index contributed by atoms with van der Waals surface area (Å²) in [5.41, 5.74) is 2.83. The Morgan fingerprint density at radius 3 is 2.63 bits per heavy atom. The van der Waals surface area contributed by atoms with Crippen molar-refractivity contribution in [3.63, 3.8) is 0 Å². The third kappa shape index (κ3) is 4.20. The molecule has 2 amide bonds. The smallest absolute Gasteiger partial charge is 0.265 e. The molecule has 156 valence electrons. The summed E-state index contributed by atoms with van der Waals surface area (Å²) in [4.78, 5) is 33.9. The molecule has 0 aliphatic carbocycles. The third-order valence-electron chi connectivity index (χ3n) is 5.84. The summed E-state index contributed by atoms with van der Waals surface area (Å²) in [5, 5.41) is 0. The van der Waals surface area contributed by atoms with E-state index in [0.717, 1.165) is 50.4 Å². The number of nitrogens with one attached hydrogen (secondary N) is 1. The van der Waals surface area contributed by atoms with Gasteiger partial charge in [0.05, 0.1) is 31.4 Å². The molecule has 6 nitrogen and oxygen atoms in total. The van der Waals surface area contributed by atoms with Crippen molar-refractivity contribution in [3.05, 3.63) is 65.2 Å². The molecule has 0 aromatic heterocycles. The minimum Gasteiger partial charge on any atom is -0.370 e. The van der Waals surface area contributed by atoms with E-state index in [2.05, 4.69) is 4.99 Å². The summed E-state index contributed by atoms with van der Waals surface area (Å²) < 4.78 is 5.40. The van der Waals surface area contributed by atoms with Crippen molar-refractivity contribution in [3.8, 4) is 0 Å². The Morgan fingerprint density at radius 2 is 1.83 bits per heavy atom. The fourth-order valence-corrected chi connectivity index (χ4v) is 4.15. The number of fused-ring (bicyclic) bond motifs is 1. The fourth-order valence-electron chi connectivity index (χ4n) is 4.15. The molecule has 1 saturated heterocycles.